The number of anilines is 1. The van der Waals surface area contributed by atoms with Crippen LogP contribution in [-0.2, 0) is 12.6 Å². The molecule has 4 rings (SSSR count). The lowest BCUT2D eigenvalue weighted by atomic mass is 10.1. The number of rotatable bonds is 6. The number of nitrogens with one attached hydrogen (secondary N) is 2. The highest BCUT2D eigenvalue weighted by Crippen LogP contribution is 2.32. The molecule has 0 radical (unpaired) electrons. The Morgan fingerprint density at radius 3 is 2.67 bits per heavy atom. The molecule has 0 saturated heterocycles. The lowest BCUT2D eigenvalue weighted by molar-refractivity contribution is -0.137. The van der Waals surface area contributed by atoms with Crippen molar-refractivity contribution in [2.24, 2.45) is 0 Å². The van der Waals surface area contributed by atoms with Crippen molar-refractivity contribution in [1.82, 2.24) is 19.7 Å². The highest BCUT2D eigenvalue weighted by molar-refractivity contribution is 6.05. The molecule has 3 aromatic heterocycles. The molecule has 0 saturated carbocycles. The largest absolute Gasteiger partial charge is 0.463 e. The molecule has 2 N–H and O–H groups in total. The minimum Gasteiger partial charge on any atom is -0.463 e. The highest BCUT2D eigenvalue weighted by atomic mass is 19.4. The third kappa shape index (κ3) is 4.71. The Morgan fingerprint density at radius 2 is 1.97 bits per heavy atom. The molecular formula is C22H18F3N5O3. The van der Waals surface area contributed by atoms with E-state index in [2.05, 4.69) is 20.4 Å². The van der Waals surface area contributed by atoms with Crippen LogP contribution in [0.5, 0.6) is 0 Å². The molecule has 0 unspecified atom stereocenters. The molecular weight excluding hydrogens is 439 g/mol. The van der Waals surface area contributed by atoms with Crippen LogP contribution in [0, 0.1) is 0 Å². The average Bonchev–Trinajstić information content (AvgIpc) is 3.43. The number of hydrogen-bond acceptors (Lipinski definition) is 5. The molecule has 8 nitrogen and oxygen atoms in total. The van der Waals surface area contributed by atoms with Crippen molar-refractivity contribution in [3.8, 4) is 17.4 Å². The van der Waals surface area contributed by atoms with Gasteiger partial charge in [-0.3, -0.25) is 14.6 Å². The first-order chi connectivity index (χ1) is 15.8. The number of nitrogens with zero attached hydrogens (tertiary/aromatic N) is 3. The zero-order valence-electron chi connectivity index (χ0n) is 17.3. The highest BCUT2D eigenvalue weighted by Gasteiger charge is 2.35. The summed E-state index contributed by atoms with van der Waals surface area (Å²) in [6, 6.07) is 10.5. The van der Waals surface area contributed by atoms with E-state index < -0.39 is 28.8 Å². The van der Waals surface area contributed by atoms with Crippen LogP contribution in [0.1, 0.15) is 35.0 Å². The van der Waals surface area contributed by atoms with Gasteiger partial charge in [0, 0.05) is 17.8 Å². The number of carbonyl (C=O) groups is 1. The minimum atomic E-state index is -4.71. The van der Waals surface area contributed by atoms with Gasteiger partial charge < -0.3 is 9.73 Å². The summed E-state index contributed by atoms with van der Waals surface area (Å²) in [5.41, 5.74) is -1.28. The molecule has 11 heteroatoms. The van der Waals surface area contributed by atoms with Crippen LogP contribution in [0.3, 0.4) is 0 Å². The number of halogens is 3. The Hall–Kier alpha value is -4.15. The fraction of sp³-hybridized carbons (Fsp3) is 0.182. The first-order valence-electron chi connectivity index (χ1n) is 9.98. The average molecular weight is 457 g/mol. The molecule has 3 heterocycles. The van der Waals surface area contributed by atoms with E-state index >= 15 is 0 Å². The third-order valence-corrected chi connectivity index (χ3v) is 4.69. The number of amides is 1. The van der Waals surface area contributed by atoms with Gasteiger partial charge in [-0.05, 0) is 30.7 Å². The second-order valence-corrected chi connectivity index (χ2v) is 7.11. The van der Waals surface area contributed by atoms with Crippen molar-refractivity contribution in [3.05, 3.63) is 82.0 Å². The number of H-pyrrole nitrogens is 1. The van der Waals surface area contributed by atoms with Crippen LogP contribution in [0.25, 0.3) is 17.4 Å². The normalized spacial score (nSPS) is 11.5. The number of benzene rings is 1. The van der Waals surface area contributed by atoms with Crippen molar-refractivity contribution in [3.63, 3.8) is 0 Å². The molecule has 1 amide bonds. The van der Waals surface area contributed by atoms with Crippen molar-refractivity contribution in [2.45, 2.75) is 25.9 Å². The molecule has 1 aromatic carbocycles. The Bertz CT molecular complexity index is 1340. The number of furan rings is 1. The van der Waals surface area contributed by atoms with E-state index in [4.69, 9.17) is 4.42 Å². The monoisotopic (exact) mass is 457 g/mol. The number of aromatic amines is 1. The van der Waals surface area contributed by atoms with E-state index in [0.29, 0.717) is 17.9 Å². The van der Waals surface area contributed by atoms with Crippen molar-refractivity contribution in [2.75, 3.05) is 5.32 Å². The summed E-state index contributed by atoms with van der Waals surface area (Å²) in [6.45, 7) is 1.93. The molecule has 0 atom stereocenters. The maximum absolute atomic E-state index is 13.4. The van der Waals surface area contributed by atoms with E-state index in [0.717, 1.165) is 23.2 Å². The maximum Gasteiger partial charge on any atom is 0.417 e. The second kappa shape index (κ2) is 8.77. The molecule has 0 aliphatic heterocycles. The van der Waals surface area contributed by atoms with Gasteiger partial charge in [0.05, 0.1) is 17.4 Å². The summed E-state index contributed by atoms with van der Waals surface area (Å²) in [5, 5.41) is 6.79. The van der Waals surface area contributed by atoms with Crippen LogP contribution in [0.15, 0.2) is 64.0 Å². The Labute approximate surface area is 185 Å². The van der Waals surface area contributed by atoms with Gasteiger partial charge in [0.15, 0.2) is 5.76 Å². The van der Waals surface area contributed by atoms with E-state index in [1.54, 1.807) is 12.1 Å². The summed E-state index contributed by atoms with van der Waals surface area (Å²) >= 11 is 0. The Kier molecular flexibility index (Phi) is 5.86. The van der Waals surface area contributed by atoms with Gasteiger partial charge in [-0.25, -0.2) is 4.98 Å². The quantitative estimate of drug-likeness (QED) is 0.445. The predicted molar refractivity (Wildman–Crippen MR) is 113 cm³/mol. The second-order valence-electron chi connectivity index (χ2n) is 7.11. The molecule has 0 fully saturated rings. The van der Waals surface area contributed by atoms with Gasteiger partial charge in [-0.15, -0.1) is 0 Å². The first-order valence-corrected chi connectivity index (χ1v) is 9.98. The van der Waals surface area contributed by atoms with Gasteiger partial charge >= 0.3 is 6.18 Å². The molecule has 0 aliphatic rings. The fourth-order valence-electron chi connectivity index (χ4n) is 3.27. The van der Waals surface area contributed by atoms with Gasteiger partial charge in [-0.1, -0.05) is 25.5 Å². The van der Waals surface area contributed by atoms with E-state index in [-0.39, 0.29) is 17.5 Å². The van der Waals surface area contributed by atoms with Crippen molar-refractivity contribution in [1.29, 1.82) is 0 Å². The van der Waals surface area contributed by atoms with E-state index in [1.165, 1.54) is 30.5 Å². The summed E-state index contributed by atoms with van der Waals surface area (Å²) < 4.78 is 46.6. The van der Waals surface area contributed by atoms with Crippen molar-refractivity contribution >= 4 is 11.7 Å². The Balaban J connectivity index is 1.79. The van der Waals surface area contributed by atoms with E-state index in [1.807, 2.05) is 6.92 Å². The standard InChI is InChI=1S/C22H18F3N5O3/c1-2-6-13-11-19(31)28-21(26-13)30-18(12-16(29-30)17-9-5-10-33-17)27-20(32)14-7-3-4-8-15(14)22(23,24)25/h3-5,7-12H,2,6H2,1H3,(H,27,32)(H,26,28,31). The molecule has 33 heavy (non-hydrogen) atoms. The fourth-order valence-corrected chi connectivity index (χ4v) is 3.27. The smallest absolute Gasteiger partial charge is 0.417 e. The molecule has 0 bridgehead atoms. The third-order valence-electron chi connectivity index (χ3n) is 4.69. The first kappa shape index (κ1) is 22.1. The predicted octanol–water partition coefficient (Wildman–Crippen LogP) is 4.44. The summed E-state index contributed by atoms with van der Waals surface area (Å²) in [4.78, 5) is 31.9. The Morgan fingerprint density at radius 1 is 1.18 bits per heavy atom. The molecule has 4 aromatic rings. The van der Waals surface area contributed by atoms with Crippen LogP contribution in [0.4, 0.5) is 19.0 Å². The molecule has 0 aliphatic carbocycles. The van der Waals surface area contributed by atoms with Gasteiger partial charge in [0.1, 0.15) is 11.5 Å². The molecule has 0 spiro atoms. The maximum atomic E-state index is 13.4. The number of alkyl halides is 3. The van der Waals surface area contributed by atoms with Gasteiger partial charge in [0.25, 0.3) is 11.5 Å². The van der Waals surface area contributed by atoms with Crippen LogP contribution in [0.2, 0.25) is 0 Å². The lowest BCUT2D eigenvalue weighted by Gasteiger charge is -2.13. The summed E-state index contributed by atoms with van der Waals surface area (Å²) in [5.74, 6) is -0.641. The van der Waals surface area contributed by atoms with Crippen LogP contribution >= 0.6 is 0 Å². The van der Waals surface area contributed by atoms with E-state index in [9.17, 15) is 22.8 Å². The van der Waals surface area contributed by atoms with Crippen LogP contribution < -0.4 is 10.9 Å². The van der Waals surface area contributed by atoms with Crippen molar-refractivity contribution < 1.29 is 22.4 Å². The SMILES string of the molecule is CCCc1cc(=O)[nH]c(-n2nc(-c3ccco3)cc2NC(=O)c2ccccc2C(F)(F)F)n1. The topological polar surface area (TPSA) is 106 Å². The number of aryl methyl sites for hydroxylation is 1. The zero-order valence-corrected chi connectivity index (χ0v) is 17.3. The van der Waals surface area contributed by atoms with Crippen LogP contribution in [-0.4, -0.2) is 25.7 Å². The zero-order chi connectivity index (χ0) is 23.6. The molecule has 170 valence electrons. The van der Waals surface area contributed by atoms with Gasteiger partial charge in [-0.2, -0.15) is 23.0 Å². The number of hydrogen-bond donors (Lipinski definition) is 2. The minimum absolute atomic E-state index is 0.000163. The summed E-state index contributed by atoms with van der Waals surface area (Å²) in [7, 11) is 0. The summed E-state index contributed by atoms with van der Waals surface area (Å²) in [6.07, 6.45) is -2.02. The lowest BCUT2D eigenvalue weighted by Crippen LogP contribution is -2.21. The van der Waals surface area contributed by atoms with Gasteiger partial charge in [0.2, 0.25) is 5.95 Å². The number of aromatic nitrogens is 4. The number of carbonyl (C=O) groups excluding carboxylic acids is 1.